The smallest absolute Gasteiger partial charge is 0.326 e. The summed E-state index contributed by atoms with van der Waals surface area (Å²) in [7, 11) is 0. The molecule has 0 bridgehead atoms. The lowest BCUT2D eigenvalue weighted by Gasteiger charge is -2.25. The van der Waals surface area contributed by atoms with Gasteiger partial charge in [-0.1, -0.05) is 30.3 Å². The minimum Gasteiger partial charge on any atom is -0.508 e. The summed E-state index contributed by atoms with van der Waals surface area (Å²) >= 11 is 0. The van der Waals surface area contributed by atoms with E-state index in [4.69, 9.17) is 0 Å². The third-order valence-electron chi connectivity index (χ3n) is 7.11. The van der Waals surface area contributed by atoms with Crippen molar-refractivity contribution in [3.63, 3.8) is 0 Å². The molecule has 1 aromatic heterocycles. The summed E-state index contributed by atoms with van der Waals surface area (Å²) in [6.45, 7) is 0.650. The van der Waals surface area contributed by atoms with Gasteiger partial charge in [0.25, 0.3) is 0 Å². The standard InChI is InChI=1S/C29H33N5O8/c35-18-9-7-16(8-10-18)12-22(32-26(38)21-6-3-11-30-21)27(39)33-23(14-25(36)37)28(40)34-24(29(41)42)13-17-15-31-20-5-2-1-4-19(17)20/h1-2,4-5,7-10,15,21-24,30-31,35H,3,6,11-14H2,(H,32,38)(H,33,39)(H,34,40)(H,36,37)(H,41,42). The molecule has 42 heavy (non-hydrogen) atoms. The molecule has 0 spiro atoms. The Balaban J connectivity index is 1.50. The van der Waals surface area contributed by atoms with Crippen molar-refractivity contribution >= 4 is 40.6 Å². The van der Waals surface area contributed by atoms with E-state index >= 15 is 0 Å². The van der Waals surface area contributed by atoms with Crippen LogP contribution in [0.5, 0.6) is 5.75 Å². The zero-order valence-electron chi connectivity index (χ0n) is 22.6. The van der Waals surface area contributed by atoms with Gasteiger partial charge >= 0.3 is 11.9 Å². The number of rotatable bonds is 13. The predicted octanol–water partition coefficient (Wildman–Crippen LogP) is 0.424. The Kier molecular flexibility index (Phi) is 9.76. The van der Waals surface area contributed by atoms with Gasteiger partial charge in [-0.2, -0.15) is 0 Å². The molecule has 13 heteroatoms. The number of H-pyrrole nitrogens is 1. The second-order valence-electron chi connectivity index (χ2n) is 10.2. The summed E-state index contributed by atoms with van der Waals surface area (Å²) in [5.41, 5.74) is 2.01. The Morgan fingerprint density at radius 2 is 1.55 bits per heavy atom. The van der Waals surface area contributed by atoms with Crippen molar-refractivity contribution in [3.8, 4) is 5.75 Å². The molecule has 3 amide bonds. The number of benzene rings is 2. The molecule has 2 heterocycles. The van der Waals surface area contributed by atoms with E-state index in [1.807, 2.05) is 12.1 Å². The first-order chi connectivity index (χ1) is 20.1. The average molecular weight is 580 g/mol. The summed E-state index contributed by atoms with van der Waals surface area (Å²) in [6.07, 6.45) is 2.09. The molecule has 1 aliphatic heterocycles. The number of hydrogen-bond donors (Lipinski definition) is 8. The number of aromatic hydroxyl groups is 1. The van der Waals surface area contributed by atoms with Crippen molar-refractivity contribution in [2.45, 2.75) is 56.3 Å². The van der Waals surface area contributed by atoms with Gasteiger partial charge in [-0.3, -0.25) is 19.2 Å². The van der Waals surface area contributed by atoms with Crippen LogP contribution in [0.1, 0.15) is 30.4 Å². The van der Waals surface area contributed by atoms with Crippen molar-refractivity contribution in [3.05, 3.63) is 65.9 Å². The molecule has 1 aliphatic rings. The van der Waals surface area contributed by atoms with Gasteiger partial charge in [0, 0.05) is 29.9 Å². The van der Waals surface area contributed by atoms with Crippen molar-refractivity contribution < 1.29 is 39.3 Å². The average Bonchev–Trinajstić information content (AvgIpc) is 3.64. The minimum atomic E-state index is -1.62. The van der Waals surface area contributed by atoms with Gasteiger partial charge in [0.1, 0.15) is 23.9 Å². The van der Waals surface area contributed by atoms with Crippen LogP contribution in [0.25, 0.3) is 10.9 Å². The Hall–Kier alpha value is -4.91. The lowest BCUT2D eigenvalue weighted by Crippen LogP contribution is -2.58. The number of carbonyl (C=O) groups excluding carboxylic acids is 3. The van der Waals surface area contributed by atoms with E-state index in [-0.39, 0.29) is 18.6 Å². The topological polar surface area (TPSA) is 210 Å². The molecule has 0 saturated carbocycles. The van der Waals surface area contributed by atoms with E-state index in [1.165, 1.54) is 12.1 Å². The number of phenols is 1. The number of nitrogens with one attached hydrogen (secondary N) is 5. The molecule has 1 fully saturated rings. The number of phenolic OH excluding ortho intramolecular Hbond substituents is 1. The Morgan fingerprint density at radius 1 is 0.857 bits per heavy atom. The number of aliphatic carboxylic acids is 2. The normalized spacial score (nSPS) is 16.7. The summed E-state index contributed by atoms with van der Waals surface area (Å²) in [5.74, 6) is -4.96. The number of carboxylic acid groups (broad SMARTS) is 2. The molecule has 2 aromatic carbocycles. The van der Waals surface area contributed by atoms with Crippen LogP contribution in [0, 0.1) is 0 Å². The summed E-state index contributed by atoms with van der Waals surface area (Å²) < 4.78 is 0. The molecule has 222 valence electrons. The van der Waals surface area contributed by atoms with Crippen LogP contribution in [0.15, 0.2) is 54.7 Å². The molecule has 13 nitrogen and oxygen atoms in total. The Bertz CT molecular complexity index is 1450. The number of aromatic nitrogens is 1. The van der Waals surface area contributed by atoms with Crippen molar-refractivity contribution in [1.82, 2.24) is 26.3 Å². The van der Waals surface area contributed by atoms with Crippen molar-refractivity contribution in [2.24, 2.45) is 0 Å². The zero-order valence-corrected chi connectivity index (χ0v) is 22.6. The van der Waals surface area contributed by atoms with Gasteiger partial charge in [-0.05, 0) is 48.7 Å². The van der Waals surface area contributed by atoms with E-state index in [1.54, 1.807) is 30.5 Å². The number of amides is 3. The van der Waals surface area contributed by atoms with Gasteiger partial charge in [-0.25, -0.2) is 4.79 Å². The van der Waals surface area contributed by atoms with E-state index in [0.29, 0.717) is 24.1 Å². The molecule has 3 aromatic rings. The number of para-hydroxylation sites is 1. The molecular formula is C29H33N5O8. The third-order valence-corrected chi connectivity index (χ3v) is 7.11. The minimum absolute atomic E-state index is 0.00962. The van der Waals surface area contributed by atoms with Gasteiger partial charge in [0.05, 0.1) is 12.5 Å². The highest BCUT2D eigenvalue weighted by molar-refractivity contribution is 5.96. The second-order valence-corrected chi connectivity index (χ2v) is 10.2. The number of aromatic amines is 1. The van der Waals surface area contributed by atoms with Crippen LogP contribution in [0.2, 0.25) is 0 Å². The SMILES string of the molecule is O=C(O)CC(NC(=O)C(Cc1ccc(O)cc1)NC(=O)C1CCCN1)C(=O)NC(Cc1c[nH]c2ccccc12)C(=O)O. The van der Waals surface area contributed by atoms with Crippen molar-refractivity contribution in [1.29, 1.82) is 0 Å². The lowest BCUT2D eigenvalue weighted by molar-refractivity contribution is -0.143. The van der Waals surface area contributed by atoms with Gasteiger partial charge in [0.15, 0.2) is 0 Å². The fourth-order valence-electron chi connectivity index (χ4n) is 4.91. The van der Waals surface area contributed by atoms with Crippen LogP contribution in [0.4, 0.5) is 0 Å². The van der Waals surface area contributed by atoms with Crippen LogP contribution in [-0.4, -0.2) is 80.7 Å². The van der Waals surface area contributed by atoms with Gasteiger partial charge in [-0.15, -0.1) is 0 Å². The molecule has 0 aliphatic carbocycles. The number of carbonyl (C=O) groups is 5. The molecule has 4 atom stereocenters. The summed E-state index contributed by atoms with van der Waals surface area (Å²) in [6, 6.07) is 8.50. The maximum absolute atomic E-state index is 13.4. The molecule has 1 saturated heterocycles. The highest BCUT2D eigenvalue weighted by Crippen LogP contribution is 2.19. The van der Waals surface area contributed by atoms with Crippen molar-refractivity contribution in [2.75, 3.05) is 6.54 Å². The lowest BCUT2D eigenvalue weighted by atomic mass is 10.0. The predicted molar refractivity (Wildman–Crippen MR) is 151 cm³/mol. The van der Waals surface area contributed by atoms with E-state index in [2.05, 4.69) is 26.3 Å². The quantitative estimate of drug-likeness (QED) is 0.141. The molecule has 4 unspecified atom stereocenters. The Labute approximate surface area is 240 Å². The molecular weight excluding hydrogens is 546 g/mol. The van der Waals surface area contributed by atoms with E-state index in [9.17, 15) is 39.3 Å². The van der Waals surface area contributed by atoms with Crippen LogP contribution in [-0.2, 0) is 36.8 Å². The third kappa shape index (κ3) is 7.85. The molecule has 0 radical (unpaired) electrons. The highest BCUT2D eigenvalue weighted by Gasteiger charge is 2.33. The summed E-state index contributed by atoms with van der Waals surface area (Å²) in [4.78, 5) is 66.1. The second kappa shape index (κ2) is 13.6. The van der Waals surface area contributed by atoms with Gasteiger partial charge in [0.2, 0.25) is 17.7 Å². The fourth-order valence-corrected chi connectivity index (χ4v) is 4.91. The van der Waals surface area contributed by atoms with E-state index < -0.39 is 60.2 Å². The first-order valence-electron chi connectivity index (χ1n) is 13.5. The number of hydrogen-bond acceptors (Lipinski definition) is 7. The number of carboxylic acids is 2. The molecule has 8 N–H and O–H groups in total. The monoisotopic (exact) mass is 579 g/mol. The fraction of sp³-hybridized carbons (Fsp3) is 0.345. The maximum atomic E-state index is 13.4. The summed E-state index contributed by atoms with van der Waals surface area (Å²) in [5, 5.41) is 40.1. The van der Waals surface area contributed by atoms with Crippen LogP contribution in [0.3, 0.4) is 0 Å². The zero-order chi connectivity index (χ0) is 30.2. The van der Waals surface area contributed by atoms with Crippen LogP contribution >= 0.6 is 0 Å². The maximum Gasteiger partial charge on any atom is 0.326 e. The largest absolute Gasteiger partial charge is 0.508 e. The van der Waals surface area contributed by atoms with E-state index in [0.717, 1.165) is 17.3 Å². The van der Waals surface area contributed by atoms with Crippen LogP contribution < -0.4 is 21.3 Å². The number of fused-ring (bicyclic) bond motifs is 1. The highest BCUT2D eigenvalue weighted by atomic mass is 16.4. The molecule has 4 rings (SSSR count). The first-order valence-corrected chi connectivity index (χ1v) is 13.5. The van der Waals surface area contributed by atoms with Gasteiger partial charge < -0.3 is 41.6 Å². The Morgan fingerprint density at radius 3 is 2.21 bits per heavy atom. The first kappa shape index (κ1) is 30.1.